The van der Waals surface area contributed by atoms with E-state index in [1.54, 1.807) is 13.8 Å². The minimum atomic E-state index is -1.20. The molecule has 0 radical (unpaired) electrons. The first-order chi connectivity index (χ1) is 10.3. The number of anilines is 1. The van der Waals surface area contributed by atoms with Crippen LogP contribution in [0.4, 0.5) is 5.82 Å². The Hall–Kier alpha value is -1.27. The van der Waals surface area contributed by atoms with Crippen molar-refractivity contribution in [3.63, 3.8) is 0 Å². The predicted molar refractivity (Wildman–Crippen MR) is 87.0 cm³/mol. The van der Waals surface area contributed by atoms with Crippen molar-refractivity contribution in [3.8, 4) is 0 Å². The number of rotatable bonds is 4. The molecule has 0 atom stereocenters. The normalized spacial score (nSPS) is 12.0. The lowest BCUT2D eigenvalue weighted by Gasteiger charge is -2.20. The van der Waals surface area contributed by atoms with Crippen LogP contribution < -0.4 is 10.2 Å². The van der Waals surface area contributed by atoms with Crippen molar-refractivity contribution in [2.45, 2.75) is 29.8 Å². The first-order valence-electron chi connectivity index (χ1n) is 5.89. The van der Waals surface area contributed by atoms with Gasteiger partial charge in [-0.25, -0.2) is 9.97 Å². The number of thiazole rings is 1. The van der Waals surface area contributed by atoms with Crippen LogP contribution in [0.25, 0.3) is 10.3 Å². The summed E-state index contributed by atoms with van der Waals surface area (Å²) in [7, 11) is 0. The third-order valence-electron chi connectivity index (χ3n) is 2.29. The van der Waals surface area contributed by atoms with Gasteiger partial charge in [0, 0.05) is 11.5 Å². The number of hydrogen-bond donors (Lipinski definition) is 3. The van der Waals surface area contributed by atoms with E-state index in [0.717, 1.165) is 34.6 Å². The van der Waals surface area contributed by atoms with Gasteiger partial charge in [-0.3, -0.25) is 9.78 Å². The molecule has 3 aromatic rings. The molecule has 0 aromatic carbocycles. The first-order valence-corrected chi connectivity index (χ1v) is 8.67. The summed E-state index contributed by atoms with van der Waals surface area (Å²) in [5.74, 6) is 0.364. The Morgan fingerprint density at radius 3 is 2.82 bits per heavy atom. The van der Waals surface area contributed by atoms with Gasteiger partial charge in [0.2, 0.25) is 0 Å². The van der Waals surface area contributed by atoms with Crippen molar-refractivity contribution in [1.29, 1.82) is 0 Å². The molecule has 3 aromatic heterocycles. The van der Waals surface area contributed by atoms with Gasteiger partial charge in [-0.15, -0.1) is 5.10 Å². The third-order valence-corrected chi connectivity index (χ3v) is 5.16. The Bertz CT molecular complexity index is 883. The second-order valence-electron chi connectivity index (χ2n) is 4.68. The number of aliphatic hydroxyl groups is 1. The molecule has 0 aliphatic heterocycles. The molecule has 3 rings (SSSR count). The van der Waals surface area contributed by atoms with Crippen molar-refractivity contribution in [2.75, 3.05) is 5.32 Å². The van der Waals surface area contributed by atoms with E-state index in [9.17, 15) is 9.90 Å². The molecule has 116 valence electrons. The van der Waals surface area contributed by atoms with Gasteiger partial charge < -0.3 is 10.4 Å². The Kier molecular flexibility index (Phi) is 4.07. The van der Waals surface area contributed by atoms with E-state index < -0.39 is 5.72 Å². The Morgan fingerprint density at radius 2 is 2.18 bits per heavy atom. The lowest BCUT2D eigenvalue weighted by atomic mass is 10.3. The fourth-order valence-electron chi connectivity index (χ4n) is 1.57. The maximum atomic E-state index is 11.5. The average Bonchev–Trinajstić information content (AvgIpc) is 2.94. The molecular weight excluding hydrogens is 368 g/mol. The number of aromatic amines is 1. The van der Waals surface area contributed by atoms with Crippen molar-refractivity contribution in [2.24, 2.45) is 0 Å². The summed E-state index contributed by atoms with van der Waals surface area (Å²) in [6.45, 7) is 3.15. The van der Waals surface area contributed by atoms with Gasteiger partial charge >= 0.3 is 4.87 Å². The summed E-state index contributed by atoms with van der Waals surface area (Å²) in [4.78, 5) is 22.5. The fraction of sp³-hybridized carbons (Fsp3) is 0.300. The highest BCUT2D eigenvalue weighted by Crippen LogP contribution is 2.34. The summed E-state index contributed by atoms with van der Waals surface area (Å²) in [5.41, 5.74) is -0.811. The smallest absolute Gasteiger partial charge is 0.306 e. The van der Waals surface area contributed by atoms with Crippen LogP contribution in [0.5, 0.6) is 0 Å². The minimum Gasteiger partial charge on any atom is -0.372 e. The SMILES string of the molecule is CC(C)(O)Nc1nc(Sc2nnsc2Cl)nc2[nH]c(=O)sc12. The topological polar surface area (TPSA) is 117 Å². The number of nitrogens with one attached hydrogen (secondary N) is 2. The maximum absolute atomic E-state index is 11.5. The Labute approximate surface area is 141 Å². The molecule has 0 fully saturated rings. The molecule has 8 nitrogen and oxygen atoms in total. The number of halogens is 1. The molecule has 22 heavy (non-hydrogen) atoms. The van der Waals surface area contributed by atoms with Crippen LogP contribution in [-0.4, -0.2) is 35.4 Å². The molecule has 3 heterocycles. The van der Waals surface area contributed by atoms with Gasteiger partial charge in [-0.05, 0) is 25.6 Å². The number of nitrogens with zero attached hydrogens (tertiary/aromatic N) is 4. The zero-order valence-corrected chi connectivity index (χ0v) is 14.5. The molecule has 0 bridgehead atoms. The van der Waals surface area contributed by atoms with E-state index in [-0.39, 0.29) is 4.87 Å². The molecule has 0 saturated heterocycles. The van der Waals surface area contributed by atoms with Crippen molar-refractivity contribution in [1.82, 2.24) is 24.5 Å². The molecule has 0 unspecified atom stereocenters. The second kappa shape index (κ2) is 5.74. The van der Waals surface area contributed by atoms with Crippen molar-refractivity contribution < 1.29 is 5.11 Å². The molecule has 0 amide bonds. The highest BCUT2D eigenvalue weighted by Gasteiger charge is 2.19. The van der Waals surface area contributed by atoms with Crippen molar-refractivity contribution >= 4 is 62.4 Å². The van der Waals surface area contributed by atoms with E-state index in [1.807, 2.05) is 0 Å². The largest absolute Gasteiger partial charge is 0.372 e. The van der Waals surface area contributed by atoms with Crippen LogP contribution in [0.3, 0.4) is 0 Å². The number of fused-ring (bicyclic) bond motifs is 1. The van der Waals surface area contributed by atoms with E-state index in [4.69, 9.17) is 11.6 Å². The Balaban J connectivity index is 2.08. The summed E-state index contributed by atoms with van der Waals surface area (Å²) < 4.78 is 4.71. The highest BCUT2D eigenvalue weighted by molar-refractivity contribution is 7.99. The van der Waals surface area contributed by atoms with Gasteiger partial charge in [0.05, 0.1) is 0 Å². The summed E-state index contributed by atoms with van der Waals surface area (Å²) in [6.07, 6.45) is 0. The number of H-pyrrole nitrogens is 1. The van der Waals surface area contributed by atoms with Crippen LogP contribution in [0.15, 0.2) is 15.0 Å². The Morgan fingerprint density at radius 1 is 1.41 bits per heavy atom. The van der Waals surface area contributed by atoms with E-state index in [2.05, 4.69) is 29.9 Å². The minimum absolute atomic E-state index is 0.251. The molecule has 3 N–H and O–H groups in total. The van der Waals surface area contributed by atoms with E-state index >= 15 is 0 Å². The van der Waals surface area contributed by atoms with Crippen LogP contribution in [0.1, 0.15) is 13.8 Å². The van der Waals surface area contributed by atoms with Gasteiger partial charge in [0.25, 0.3) is 0 Å². The highest BCUT2D eigenvalue weighted by atomic mass is 35.5. The van der Waals surface area contributed by atoms with E-state index in [0.29, 0.717) is 30.7 Å². The van der Waals surface area contributed by atoms with Crippen LogP contribution >= 0.6 is 46.2 Å². The van der Waals surface area contributed by atoms with Gasteiger partial charge in [-0.1, -0.05) is 27.4 Å². The molecule has 0 spiro atoms. The molecule has 12 heteroatoms. The van der Waals surface area contributed by atoms with Crippen LogP contribution in [0.2, 0.25) is 4.34 Å². The maximum Gasteiger partial charge on any atom is 0.306 e. The summed E-state index contributed by atoms with van der Waals surface area (Å²) in [5, 5.41) is 17.5. The number of aromatic nitrogens is 5. The number of hydrogen-bond acceptors (Lipinski definition) is 10. The second-order valence-corrected chi connectivity index (χ2v) is 7.98. The summed E-state index contributed by atoms with van der Waals surface area (Å²) in [6, 6.07) is 0. The quantitative estimate of drug-likeness (QED) is 0.468. The molecule has 0 saturated carbocycles. The lowest BCUT2D eigenvalue weighted by Crippen LogP contribution is -2.30. The molecule has 0 aliphatic rings. The standard InChI is InChI=1S/C10H9ClN6O2S3/c1-10(2,19)15-6-3-5(14-9(18)20-3)12-8(13-6)21-7-4(11)22-17-16-7/h19H,1-2H3,(H2,12,13,14,15,18). The van der Waals surface area contributed by atoms with Crippen molar-refractivity contribution in [3.05, 3.63) is 14.0 Å². The monoisotopic (exact) mass is 376 g/mol. The van der Waals surface area contributed by atoms with Gasteiger partial charge in [-0.2, -0.15) is 0 Å². The summed E-state index contributed by atoms with van der Waals surface area (Å²) >= 11 is 9.12. The first kappa shape index (κ1) is 15.6. The third kappa shape index (κ3) is 3.38. The predicted octanol–water partition coefficient (Wildman–Crippen LogP) is 2.18. The average molecular weight is 377 g/mol. The molecule has 0 aliphatic carbocycles. The van der Waals surface area contributed by atoms with E-state index in [1.165, 1.54) is 0 Å². The van der Waals surface area contributed by atoms with Crippen LogP contribution in [-0.2, 0) is 0 Å². The zero-order valence-electron chi connectivity index (χ0n) is 11.2. The van der Waals surface area contributed by atoms with Gasteiger partial charge in [0.1, 0.15) is 14.8 Å². The van der Waals surface area contributed by atoms with Crippen LogP contribution in [0, 0.1) is 0 Å². The lowest BCUT2D eigenvalue weighted by molar-refractivity contribution is 0.111. The zero-order chi connectivity index (χ0) is 15.9. The van der Waals surface area contributed by atoms with Gasteiger partial charge in [0.15, 0.2) is 21.6 Å². The fourth-order valence-corrected chi connectivity index (χ4v) is 3.74. The molecular formula is C10H9ClN6O2S3.